The van der Waals surface area contributed by atoms with Crippen LogP contribution in [-0.2, 0) is 0 Å². The lowest BCUT2D eigenvalue weighted by Gasteiger charge is -2.32. The summed E-state index contributed by atoms with van der Waals surface area (Å²) >= 11 is 0. The van der Waals surface area contributed by atoms with Crippen LogP contribution in [0.25, 0.3) is 0 Å². The van der Waals surface area contributed by atoms with Crippen molar-refractivity contribution in [1.82, 2.24) is 14.8 Å². The molecule has 20 heavy (non-hydrogen) atoms. The number of nitrogens with zero attached hydrogens (tertiary/aromatic N) is 4. The zero-order chi connectivity index (χ0) is 14.5. The van der Waals surface area contributed by atoms with Crippen molar-refractivity contribution in [3.05, 3.63) is 27.9 Å². The highest BCUT2D eigenvalue weighted by molar-refractivity contribution is 5.48. The van der Waals surface area contributed by atoms with Crippen LogP contribution in [0.15, 0.2) is 12.3 Å². The van der Waals surface area contributed by atoms with Gasteiger partial charge in [0, 0.05) is 45.3 Å². The number of rotatable bonds is 5. The Morgan fingerprint density at radius 2 is 2.10 bits per heavy atom. The molecule has 0 amide bonds. The molecule has 0 atom stereocenters. The number of piperazine rings is 1. The van der Waals surface area contributed by atoms with Crippen LogP contribution in [0.4, 0.5) is 11.5 Å². The van der Waals surface area contributed by atoms with Crippen LogP contribution in [0.3, 0.4) is 0 Å². The number of hydrogen-bond acceptors (Lipinski definition) is 6. The third-order valence-electron chi connectivity index (χ3n) is 3.59. The molecule has 0 spiro atoms. The first-order valence-electron chi connectivity index (χ1n) is 6.82. The fraction of sp³-hybridized carbons (Fsp3) is 0.615. The zero-order valence-corrected chi connectivity index (χ0v) is 12.0. The first kappa shape index (κ1) is 14.7. The number of hydrogen-bond donors (Lipinski definition) is 1. The molecule has 0 radical (unpaired) electrons. The third-order valence-corrected chi connectivity index (χ3v) is 3.59. The molecule has 1 aliphatic heterocycles. The van der Waals surface area contributed by atoms with Gasteiger partial charge in [0.05, 0.1) is 4.92 Å². The average molecular weight is 279 g/mol. The Morgan fingerprint density at radius 3 is 2.70 bits per heavy atom. The van der Waals surface area contributed by atoms with Crippen LogP contribution in [0.5, 0.6) is 0 Å². The molecule has 1 aromatic heterocycles. The summed E-state index contributed by atoms with van der Waals surface area (Å²) in [6.07, 6.45) is 1.30. The van der Waals surface area contributed by atoms with Crippen molar-refractivity contribution in [2.45, 2.75) is 6.92 Å². The Balaban J connectivity index is 1.81. The van der Waals surface area contributed by atoms with Crippen LogP contribution in [0, 0.1) is 17.0 Å². The normalized spacial score (nSPS) is 17.1. The Labute approximate surface area is 118 Å². The molecule has 110 valence electrons. The topological polar surface area (TPSA) is 74.5 Å². The minimum atomic E-state index is -0.423. The van der Waals surface area contributed by atoms with Gasteiger partial charge in [-0.15, -0.1) is 0 Å². The lowest BCUT2D eigenvalue weighted by Crippen LogP contribution is -2.45. The van der Waals surface area contributed by atoms with Gasteiger partial charge in [0.25, 0.3) is 5.69 Å². The maximum absolute atomic E-state index is 10.6. The molecule has 1 fully saturated rings. The highest BCUT2D eigenvalue weighted by Gasteiger charge is 2.13. The molecular weight excluding hydrogens is 258 g/mol. The minimum absolute atomic E-state index is 0.0344. The Morgan fingerprint density at radius 1 is 1.40 bits per heavy atom. The molecule has 1 N–H and O–H groups in total. The van der Waals surface area contributed by atoms with E-state index in [0.29, 0.717) is 0 Å². The smallest absolute Gasteiger partial charge is 0.287 e. The van der Waals surface area contributed by atoms with Crippen LogP contribution in [0.2, 0.25) is 0 Å². The summed E-state index contributed by atoms with van der Waals surface area (Å²) in [5, 5.41) is 13.9. The van der Waals surface area contributed by atoms with E-state index in [4.69, 9.17) is 0 Å². The number of nitrogens with one attached hydrogen (secondary N) is 1. The summed E-state index contributed by atoms with van der Waals surface area (Å²) in [5.41, 5.74) is 0.838. The molecule has 0 aromatic carbocycles. The van der Waals surface area contributed by atoms with Gasteiger partial charge >= 0.3 is 0 Å². The van der Waals surface area contributed by atoms with Gasteiger partial charge in [-0.3, -0.25) is 15.0 Å². The minimum Gasteiger partial charge on any atom is -0.369 e. The lowest BCUT2D eigenvalue weighted by molar-refractivity contribution is -0.385. The SMILES string of the molecule is Cc1cc([N+](=O)[O-])cnc1NCCN1CCN(C)CC1. The third kappa shape index (κ3) is 3.88. The summed E-state index contributed by atoms with van der Waals surface area (Å²) in [7, 11) is 2.14. The molecule has 1 saturated heterocycles. The molecule has 0 saturated carbocycles. The summed E-state index contributed by atoms with van der Waals surface area (Å²) in [6.45, 7) is 7.98. The molecule has 7 heteroatoms. The Bertz CT molecular complexity index is 472. The fourth-order valence-electron chi connectivity index (χ4n) is 2.25. The molecule has 0 bridgehead atoms. The first-order chi connectivity index (χ1) is 9.56. The van der Waals surface area contributed by atoms with Crippen LogP contribution in [-0.4, -0.2) is 66.0 Å². The summed E-state index contributed by atoms with van der Waals surface area (Å²) in [5.74, 6) is 0.727. The van der Waals surface area contributed by atoms with Crippen molar-refractivity contribution in [3.63, 3.8) is 0 Å². The van der Waals surface area contributed by atoms with Gasteiger partial charge in [-0.25, -0.2) is 4.98 Å². The first-order valence-corrected chi connectivity index (χ1v) is 6.82. The maximum atomic E-state index is 10.6. The molecule has 1 aliphatic rings. The maximum Gasteiger partial charge on any atom is 0.287 e. The molecule has 2 heterocycles. The van der Waals surface area contributed by atoms with E-state index in [9.17, 15) is 10.1 Å². The van der Waals surface area contributed by atoms with Gasteiger partial charge in [-0.1, -0.05) is 0 Å². The van der Waals surface area contributed by atoms with E-state index in [2.05, 4.69) is 27.1 Å². The monoisotopic (exact) mass is 279 g/mol. The van der Waals surface area contributed by atoms with Gasteiger partial charge in [0.15, 0.2) is 0 Å². The van der Waals surface area contributed by atoms with E-state index >= 15 is 0 Å². The van der Waals surface area contributed by atoms with Gasteiger partial charge in [0.2, 0.25) is 0 Å². The standard InChI is InChI=1S/C13H21N5O2/c1-11-9-12(18(19)20)10-15-13(11)14-3-4-17-7-5-16(2)6-8-17/h9-10H,3-8H2,1-2H3,(H,14,15). The van der Waals surface area contributed by atoms with Crippen molar-refractivity contribution in [1.29, 1.82) is 0 Å². The van der Waals surface area contributed by atoms with Crippen LogP contribution >= 0.6 is 0 Å². The van der Waals surface area contributed by atoms with Crippen molar-refractivity contribution in [2.24, 2.45) is 0 Å². The average Bonchev–Trinajstić information content (AvgIpc) is 2.42. The highest BCUT2D eigenvalue weighted by Crippen LogP contribution is 2.17. The molecule has 0 aliphatic carbocycles. The van der Waals surface area contributed by atoms with Crippen molar-refractivity contribution in [3.8, 4) is 0 Å². The number of anilines is 1. The largest absolute Gasteiger partial charge is 0.369 e. The second-order valence-electron chi connectivity index (χ2n) is 5.19. The van der Waals surface area contributed by atoms with Crippen molar-refractivity contribution < 1.29 is 4.92 Å². The van der Waals surface area contributed by atoms with E-state index in [1.165, 1.54) is 6.20 Å². The number of pyridine rings is 1. The summed E-state index contributed by atoms with van der Waals surface area (Å²) in [4.78, 5) is 19.1. The van der Waals surface area contributed by atoms with E-state index in [0.717, 1.165) is 50.6 Å². The van der Waals surface area contributed by atoms with Crippen LogP contribution < -0.4 is 5.32 Å². The molecule has 1 aromatic rings. The number of likely N-dealkylation sites (N-methyl/N-ethyl adjacent to an activating group) is 1. The highest BCUT2D eigenvalue weighted by atomic mass is 16.6. The second-order valence-corrected chi connectivity index (χ2v) is 5.19. The number of aromatic nitrogens is 1. The van der Waals surface area contributed by atoms with E-state index in [1.807, 2.05) is 6.92 Å². The van der Waals surface area contributed by atoms with Gasteiger partial charge in [0.1, 0.15) is 12.0 Å². The number of nitro groups is 1. The van der Waals surface area contributed by atoms with Crippen molar-refractivity contribution in [2.75, 3.05) is 51.6 Å². The van der Waals surface area contributed by atoms with Gasteiger partial charge in [-0.2, -0.15) is 0 Å². The zero-order valence-electron chi connectivity index (χ0n) is 12.0. The molecular formula is C13H21N5O2. The molecule has 7 nitrogen and oxygen atoms in total. The van der Waals surface area contributed by atoms with E-state index in [-0.39, 0.29) is 5.69 Å². The number of aryl methyl sites for hydroxylation is 1. The molecule has 0 unspecified atom stereocenters. The van der Waals surface area contributed by atoms with Crippen LogP contribution in [0.1, 0.15) is 5.56 Å². The van der Waals surface area contributed by atoms with Gasteiger partial charge < -0.3 is 10.2 Å². The fourth-order valence-corrected chi connectivity index (χ4v) is 2.25. The predicted octanol–water partition coefficient (Wildman–Crippen LogP) is 0.958. The quantitative estimate of drug-likeness (QED) is 0.639. The van der Waals surface area contributed by atoms with Crippen molar-refractivity contribution >= 4 is 11.5 Å². The van der Waals surface area contributed by atoms with E-state index < -0.39 is 4.92 Å². The van der Waals surface area contributed by atoms with E-state index in [1.54, 1.807) is 6.07 Å². The summed E-state index contributed by atoms with van der Waals surface area (Å²) in [6, 6.07) is 1.55. The molecule has 2 rings (SSSR count). The lowest BCUT2D eigenvalue weighted by atomic mass is 10.2. The Hall–Kier alpha value is -1.73. The van der Waals surface area contributed by atoms with Gasteiger partial charge in [-0.05, 0) is 19.5 Å². The Kier molecular flexibility index (Phi) is 4.86. The predicted molar refractivity (Wildman–Crippen MR) is 78.1 cm³/mol. The summed E-state index contributed by atoms with van der Waals surface area (Å²) < 4.78 is 0. The second kappa shape index (κ2) is 6.62.